The van der Waals surface area contributed by atoms with Crippen molar-refractivity contribution in [2.45, 2.75) is 38.5 Å². The molecule has 32 heavy (non-hydrogen) atoms. The summed E-state index contributed by atoms with van der Waals surface area (Å²) < 4.78 is 42.0. The summed E-state index contributed by atoms with van der Waals surface area (Å²) in [4.78, 5) is 12.3. The Bertz CT molecular complexity index is 989. The summed E-state index contributed by atoms with van der Waals surface area (Å²) >= 11 is 11.7. The molecule has 0 bridgehead atoms. The number of aliphatic hydroxyl groups is 1. The number of carbonyl (C=O) groups is 1. The molecule has 0 aliphatic heterocycles. The van der Waals surface area contributed by atoms with Gasteiger partial charge < -0.3 is 15.7 Å². The van der Waals surface area contributed by atoms with Crippen molar-refractivity contribution in [3.63, 3.8) is 0 Å². The molecule has 0 aliphatic carbocycles. The number of benzene rings is 2. The first-order chi connectivity index (χ1) is 14.9. The first-order valence-electron chi connectivity index (χ1n) is 9.98. The third-order valence-electron chi connectivity index (χ3n) is 4.96. The van der Waals surface area contributed by atoms with Crippen LogP contribution in [-0.4, -0.2) is 30.8 Å². The third-order valence-corrected chi connectivity index (χ3v) is 5.39. The molecular weight excluding hydrogens is 464 g/mol. The molecule has 0 saturated carbocycles. The topological polar surface area (TPSA) is 61.4 Å². The normalized spacial score (nSPS) is 14.1. The summed E-state index contributed by atoms with van der Waals surface area (Å²) in [6.45, 7) is 4.24. The van der Waals surface area contributed by atoms with Crippen molar-refractivity contribution < 1.29 is 23.1 Å². The molecule has 2 aromatic rings. The number of unbranched alkanes of at least 4 members (excludes halogenated alkanes) is 1. The van der Waals surface area contributed by atoms with Crippen LogP contribution in [0, 0.1) is 6.92 Å². The predicted molar refractivity (Wildman–Crippen MR) is 122 cm³/mol. The molecule has 1 unspecified atom stereocenters. The molecule has 2 aromatic carbocycles. The molecule has 0 fully saturated rings. The fraction of sp³-hybridized carbons (Fsp3) is 0.348. The van der Waals surface area contributed by atoms with Crippen molar-refractivity contribution in [3.8, 4) is 0 Å². The van der Waals surface area contributed by atoms with Gasteiger partial charge in [0.1, 0.15) is 0 Å². The molecule has 0 spiro atoms. The van der Waals surface area contributed by atoms with Crippen LogP contribution in [0.15, 0.2) is 42.5 Å². The van der Waals surface area contributed by atoms with Gasteiger partial charge in [0, 0.05) is 34.9 Å². The summed E-state index contributed by atoms with van der Waals surface area (Å²) in [5, 5.41) is 16.2. The lowest BCUT2D eigenvalue weighted by Crippen LogP contribution is -2.41. The number of aryl methyl sites for hydroxylation is 1. The molecule has 0 aromatic heterocycles. The highest BCUT2D eigenvalue weighted by Gasteiger charge is 2.54. The molecule has 4 nitrogen and oxygen atoms in total. The molecule has 0 aliphatic rings. The maximum atomic E-state index is 14.0. The second kappa shape index (κ2) is 10.6. The standard InChI is InChI=1S/C23H25Cl2F3N2O2/c1-4-5-8-30-21(31)19-7-6-15(9-14(19)2)20(29-3)13-22(32,23(26,27)28)16-10-17(24)12-18(25)11-16/h6-7,9-13,29,32H,4-5,8H2,1-3H3,(H,30,31)/b20-13-. The Kier molecular flexibility index (Phi) is 8.62. The lowest BCUT2D eigenvalue weighted by Gasteiger charge is -2.29. The second-order valence-corrected chi connectivity index (χ2v) is 8.24. The van der Waals surface area contributed by atoms with Crippen molar-refractivity contribution in [1.82, 2.24) is 10.6 Å². The minimum absolute atomic E-state index is 0.0157. The minimum atomic E-state index is -5.06. The van der Waals surface area contributed by atoms with Crippen LogP contribution in [0.1, 0.15) is 46.8 Å². The lowest BCUT2D eigenvalue weighted by molar-refractivity contribution is -0.245. The highest BCUT2D eigenvalue weighted by molar-refractivity contribution is 6.34. The molecule has 0 radical (unpaired) electrons. The van der Waals surface area contributed by atoms with Crippen LogP contribution < -0.4 is 10.6 Å². The molecule has 0 saturated heterocycles. The van der Waals surface area contributed by atoms with Crippen LogP contribution in [0.2, 0.25) is 10.0 Å². The Balaban J connectivity index is 2.51. The van der Waals surface area contributed by atoms with Gasteiger partial charge in [0.15, 0.2) is 0 Å². The number of hydrogen-bond donors (Lipinski definition) is 3. The van der Waals surface area contributed by atoms with E-state index in [2.05, 4.69) is 10.6 Å². The molecule has 1 amide bonds. The van der Waals surface area contributed by atoms with Gasteiger partial charge in [-0.25, -0.2) is 0 Å². The molecule has 174 valence electrons. The lowest BCUT2D eigenvalue weighted by atomic mass is 9.90. The number of hydrogen-bond acceptors (Lipinski definition) is 3. The summed E-state index contributed by atoms with van der Waals surface area (Å²) in [6.07, 6.45) is -2.60. The van der Waals surface area contributed by atoms with E-state index in [4.69, 9.17) is 23.2 Å². The molecule has 3 N–H and O–H groups in total. The quantitative estimate of drug-likeness (QED) is 0.409. The number of rotatable bonds is 8. The van der Waals surface area contributed by atoms with Crippen LogP contribution in [-0.2, 0) is 5.60 Å². The Morgan fingerprint density at radius 1 is 1.12 bits per heavy atom. The van der Waals surface area contributed by atoms with Gasteiger partial charge in [-0.15, -0.1) is 0 Å². The first-order valence-corrected chi connectivity index (χ1v) is 10.7. The highest BCUT2D eigenvalue weighted by atomic mass is 35.5. The Labute approximate surface area is 195 Å². The van der Waals surface area contributed by atoms with Crippen molar-refractivity contribution >= 4 is 34.8 Å². The molecule has 0 heterocycles. The van der Waals surface area contributed by atoms with E-state index in [-0.39, 0.29) is 21.6 Å². The summed E-state index contributed by atoms with van der Waals surface area (Å²) in [5.74, 6) is -0.252. The average molecular weight is 489 g/mol. The SMILES string of the molecule is CCCCNC(=O)c1ccc(/C(=C/C(O)(c2cc(Cl)cc(Cl)c2)C(F)(F)F)NC)cc1C. The van der Waals surface area contributed by atoms with Crippen molar-refractivity contribution in [3.05, 3.63) is 74.8 Å². The predicted octanol–water partition coefficient (Wildman–Crippen LogP) is 5.84. The van der Waals surface area contributed by atoms with Gasteiger partial charge >= 0.3 is 6.18 Å². The fourth-order valence-corrected chi connectivity index (χ4v) is 3.70. The van der Waals surface area contributed by atoms with Crippen molar-refractivity contribution in [1.29, 1.82) is 0 Å². The zero-order valence-corrected chi connectivity index (χ0v) is 19.4. The number of alkyl halides is 3. The van der Waals surface area contributed by atoms with E-state index in [1.165, 1.54) is 19.2 Å². The summed E-state index contributed by atoms with van der Waals surface area (Å²) in [5.41, 5.74) is -2.48. The van der Waals surface area contributed by atoms with Gasteiger partial charge in [-0.1, -0.05) is 42.6 Å². The van der Waals surface area contributed by atoms with E-state index in [0.29, 0.717) is 29.3 Å². The Hall–Kier alpha value is -2.22. The fourth-order valence-electron chi connectivity index (χ4n) is 3.17. The number of nitrogens with one attached hydrogen (secondary N) is 2. The van der Waals surface area contributed by atoms with E-state index in [0.717, 1.165) is 25.0 Å². The van der Waals surface area contributed by atoms with E-state index in [9.17, 15) is 23.1 Å². The summed E-state index contributed by atoms with van der Waals surface area (Å²) in [6, 6.07) is 7.95. The number of carbonyl (C=O) groups excluding carboxylic acids is 1. The van der Waals surface area contributed by atoms with Crippen LogP contribution in [0.5, 0.6) is 0 Å². The Morgan fingerprint density at radius 3 is 2.25 bits per heavy atom. The second-order valence-electron chi connectivity index (χ2n) is 7.37. The third kappa shape index (κ3) is 5.97. The largest absolute Gasteiger partial charge is 0.425 e. The van der Waals surface area contributed by atoms with Crippen LogP contribution in [0.25, 0.3) is 5.70 Å². The minimum Gasteiger partial charge on any atom is -0.388 e. The van der Waals surface area contributed by atoms with Crippen molar-refractivity contribution in [2.75, 3.05) is 13.6 Å². The molecule has 9 heteroatoms. The van der Waals surface area contributed by atoms with Crippen LogP contribution in [0.4, 0.5) is 13.2 Å². The number of amides is 1. The zero-order chi connectivity index (χ0) is 24.1. The van der Waals surface area contributed by atoms with Gasteiger partial charge in [0.05, 0.1) is 0 Å². The van der Waals surface area contributed by atoms with Gasteiger partial charge in [-0.05, 0) is 66.4 Å². The van der Waals surface area contributed by atoms with Crippen LogP contribution >= 0.6 is 23.2 Å². The van der Waals surface area contributed by atoms with E-state index in [1.807, 2.05) is 6.92 Å². The van der Waals surface area contributed by atoms with Crippen molar-refractivity contribution in [2.24, 2.45) is 0 Å². The van der Waals surface area contributed by atoms with Gasteiger partial charge in [0.25, 0.3) is 5.91 Å². The summed E-state index contributed by atoms with van der Waals surface area (Å²) in [7, 11) is 1.44. The van der Waals surface area contributed by atoms with Crippen LogP contribution in [0.3, 0.4) is 0 Å². The monoisotopic (exact) mass is 488 g/mol. The maximum absolute atomic E-state index is 14.0. The first kappa shape index (κ1) is 26.0. The van der Waals surface area contributed by atoms with E-state index in [1.54, 1.807) is 19.1 Å². The zero-order valence-electron chi connectivity index (χ0n) is 17.9. The van der Waals surface area contributed by atoms with Gasteiger partial charge in [0.2, 0.25) is 5.60 Å². The molecule has 1 atom stereocenters. The van der Waals surface area contributed by atoms with E-state index >= 15 is 0 Å². The maximum Gasteiger partial charge on any atom is 0.425 e. The van der Waals surface area contributed by atoms with Gasteiger partial charge in [-0.2, -0.15) is 13.2 Å². The van der Waals surface area contributed by atoms with Gasteiger partial charge in [-0.3, -0.25) is 4.79 Å². The Morgan fingerprint density at radius 2 is 1.75 bits per heavy atom. The molecular formula is C23H25Cl2F3N2O2. The molecule has 2 rings (SSSR count). The highest BCUT2D eigenvalue weighted by Crippen LogP contribution is 2.43. The number of halogens is 5. The van der Waals surface area contributed by atoms with E-state index < -0.39 is 17.3 Å². The smallest absolute Gasteiger partial charge is 0.388 e. The average Bonchev–Trinajstić information content (AvgIpc) is 2.70.